The Balaban J connectivity index is 2.57. The maximum Gasteiger partial charge on any atom is 0.387 e. The molecule has 0 fully saturated rings. The van der Waals surface area contributed by atoms with Gasteiger partial charge in [-0.1, -0.05) is 0 Å². The summed E-state index contributed by atoms with van der Waals surface area (Å²) in [4.78, 5) is 14.7. The lowest BCUT2D eigenvalue weighted by molar-refractivity contribution is -0.0495. The van der Waals surface area contributed by atoms with Crippen molar-refractivity contribution in [2.75, 3.05) is 5.73 Å². The molecule has 0 unspecified atom stereocenters. The van der Waals surface area contributed by atoms with E-state index in [9.17, 15) is 13.6 Å². The van der Waals surface area contributed by atoms with E-state index in [1.54, 1.807) is 0 Å². The number of ether oxygens (including phenoxy) is 1. The van der Waals surface area contributed by atoms with Gasteiger partial charge in [-0.15, -0.1) is 0 Å². The molecule has 1 aromatic heterocycles. The first-order valence-corrected chi connectivity index (χ1v) is 5.51. The average molecular weight is 280 g/mol. The molecule has 0 aliphatic heterocycles. The second-order valence-corrected chi connectivity index (χ2v) is 3.86. The summed E-state index contributed by atoms with van der Waals surface area (Å²) >= 11 is 0. The van der Waals surface area contributed by atoms with Gasteiger partial charge in [0.05, 0.1) is 5.56 Å². The van der Waals surface area contributed by atoms with E-state index < -0.39 is 12.6 Å². The highest BCUT2D eigenvalue weighted by molar-refractivity contribution is 5.90. The molecule has 0 spiro atoms. The van der Waals surface area contributed by atoms with Crippen LogP contribution in [-0.4, -0.2) is 22.7 Å². The fourth-order valence-corrected chi connectivity index (χ4v) is 1.70. The van der Waals surface area contributed by atoms with Crippen LogP contribution in [-0.2, 0) is 0 Å². The van der Waals surface area contributed by atoms with Gasteiger partial charge in [0.2, 0.25) is 0 Å². The van der Waals surface area contributed by atoms with Gasteiger partial charge in [0.15, 0.2) is 0 Å². The minimum atomic E-state index is -3.07. The third kappa shape index (κ3) is 2.82. The van der Waals surface area contributed by atoms with Crippen LogP contribution in [0.4, 0.5) is 14.5 Å². The fraction of sp³-hybridized carbons (Fsp3) is 0.0769. The second-order valence-electron chi connectivity index (χ2n) is 3.86. The Kier molecular flexibility index (Phi) is 3.79. The summed E-state index contributed by atoms with van der Waals surface area (Å²) < 4.78 is 29.2. The number of alkyl halides is 2. The number of nitrogens with two attached hydrogens (primary N) is 1. The first-order chi connectivity index (χ1) is 9.49. The molecule has 0 atom stereocenters. The van der Waals surface area contributed by atoms with E-state index in [0.717, 1.165) is 6.07 Å². The molecule has 104 valence electrons. The molecule has 0 radical (unpaired) electrons. The number of benzene rings is 1. The van der Waals surface area contributed by atoms with Gasteiger partial charge >= 0.3 is 12.6 Å². The number of hydrogen-bond donors (Lipinski definition) is 2. The Bertz CT molecular complexity index is 647. The fourth-order valence-electron chi connectivity index (χ4n) is 1.70. The number of nitrogen functional groups attached to an aromatic ring is 1. The monoisotopic (exact) mass is 280 g/mol. The standard InChI is InChI=1S/C13H10F2N2O3/c14-13(15)20-11-5-7(12(18)19)1-2-8(11)9-6-17-4-3-10(9)16/h1-6,13H,(H2,16,17)(H,18,19). The second kappa shape index (κ2) is 5.52. The number of hydrogen-bond acceptors (Lipinski definition) is 4. The zero-order valence-electron chi connectivity index (χ0n) is 10.1. The molecule has 0 aliphatic rings. The number of carbonyl (C=O) groups is 1. The first-order valence-electron chi connectivity index (χ1n) is 5.51. The number of carboxylic acid groups (broad SMARTS) is 1. The number of nitrogens with zero attached hydrogens (tertiary/aromatic N) is 1. The van der Waals surface area contributed by atoms with Crippen LogP contribution in [0.25, 0.3) is 11.1 Å². The highest BCUT2D eigenvalue weighted by Crippen LogP contribution is 2.34. The van der Waals surface area contributed by atoms with Crippen molar-refractivity contribution in [2.45, 2.75) is 6.61 Å². The lowest BCUT2D eigenvalue weighted by Gasteiger charge is -2.12. The van der Waals surface area contributed by atoms with Crippen molar-refractivity contribution in [1.82, 2.24) is 4.98 Å². The van der Waals surface area contributed by atoms with Crippen molar-refractivity contribution < 1.29 is 23.4 Å². The molecule has 3 N–H and O–H groups in total. The molecule has 20 heavy (non-hydrogen) atoms. The smallest absolute Gasteiger partial charge is 0.387 e. The van der Waals surface area contributed by atoms with Crippen molar-refractivity contribution in [3.05, 3.63) is 42.2 Å². The summed E-state index contributed by atoms with van der Waals surface area (Å²) in [6.07, 6.45) is 2.85. The van der Waals surface area contributed by atoms with Crippen LogP contribution in [0.5, 0.6) is 5.75 Å². The van der Waals surface area contributed by atoms with Gasteiger partial charge in [0, 0.05) is 29.2 Å². The molecule has 2 rings (SSSR count). The molecular formula is C13H10F2N2O3. The number of aromatic nitrogens is 1. The summed E-state index contributed by atoms with van der Waals surface area (Å²) in [6, 6.07) is 5.17. The van der Waals surface area contributed by atoms with E-state index in [-0.39, 0.29) is 16.9 Å². The molecule has 1 heterocycles. The topological polar surface area (TPSA) is 85.4 Å². The number of rotatable bonds is 4. The van der Waals surface area contributed by atoms with Gasteiger partial charge in [-0.25, -0.2) is 4.79 Å². The number of anilines is 1. The zero-order valence-corrected chi connectivity index (χ0v) is 10.1. The van der Waals surface area contributed by atoms with Gasteiger partial charge in [0.1, 0.15) is 5.75 Å². The Labute approximate surface area is 112 Å². The zero-order chi connectivity index (χ0) is 14.7. The van der Waals surface area contributed by atoms with Crippen LogP contribution in [0, 0.1) is 0 Å². The van der Waals surface area contributed by atoms with Gasteiger partial charge < -0.3 is 15.6 Å². The predicted octanol–water partition coefficient (Wildman–Crippen LogP) is 2.63. The predicted molar refractivity (Wildman–Crippen MR) is 67.7 cm³/mol. The molecule has 0 saturated heterocycles. The van der Waals surface area contributed by atoms with Crippen molar-refractivity contribution in [3.8, 4) is 16.9 Å². The first kappa shape index (κ1) is 13.7. The van der Waals surface area contributed by atoms with Crippen LogP contribution in [0.1, 0.15) is 10.4 Å². The van der Waals surface area contributed by atoms with Crippen molar-refractivity contribution in [3.63, 3.8) is 0 Å². The van der Waals surface area contributed by atoms with Gasteiger partial charge in [-0.05, 0) is 24.3 Å². The third-order valence-corrected chi connectivity index (χ3v) is 2.59. The van der Waals surface area contributed by atoms with Crippen molar-refractivity contribution in [1.29, 1.82) is 0 Å². The van der Waals surface area contributed by atoms with Crippen LogP contribution < -0.4 is 10.5 Å². The summed E-state index contributed by atoms with van der Waals surface area (Å²) in [5.41, 5.74) is 6.55. The number of pyridine rings is 1. The third-order valence-electron chi connectivity index (χ3n) is 2.59. The SMILES string of the molecule is Nc1ccncc1-c1ccc(C(=O)O)cc1OC(F)F. The van der Waals surface area contributed by atoms with E-state index in [1.807, 2.05) is 0 Å². The molecular weight excluding hydrogens is 270 g/mol. The summed E-state index contributed by atoms with van der Waals surface area (Å²) in [6.45, 7) is -3.07. The minimum Gasteiger partial charge on any atom is -0.478 e. The molecule has 0 bridgehead atoms. The molecule has 2 aromatic rings. The number of halogens is 2. The van der Waals surface area contributed by atoms with E-state index in [1.165, 1.54) is 30.6 Å². The molecule has 7 heteroatoms. The van der Waals surface area contributed by atoms with Crippen LogP contribution in [0.15, 0.2) is 36.7 Å². The molecule has 1 aromatic carbocycles. The van der Waals surface area contributed by atoms with Gasteiger partial charge in [-0.3, -0.25) is 4.98 Å². The number of carboxylic acids is 1. The number of aromatic carboxylic acids is 1. The maximum atomic E-state index is 12.4. The van der Waals surface area contributed by atoms with Crippen LogP contribution >= 0.6 is 0 Å². The molecule has 5 nitrogen and oxygen atoms in total. The maximum absolute atomic E-state index is 12.4. The Morgan fingerprint density at radius 1 is 1.30 bits per heavy atom. The quantitative estimate of drug-likeness (QED) is 0.899. The normalized spacial score (nSPS) is 10.6. The lowest BCUT2D eigenvalue weighted by atomic mass is 10.0. The molecule has 0 amide bonds. The average Bonchev–Trinajstić information content (AvgIpc) is 2.39. The summed E-state index contributed by atoms with van der Waals surface area (Å²) in [5, 5.41) is 8.88. The van der Waals surface area contributed by atoms with Gasteiger partial charge in [-0.2, -0.15) is 8.78 Å². The largest absolute Gasteiger partial charge is 0.478 e. The Morgan fingerprint density at radius 2 is 2.05 bits per heavy atom. The highest BCUT2D eigenvalue weighted by Gasteiger charge is 2.16. The van der Waals surface area contributed by atoms with E-state index >= 15 is 0 Å². The van der Waals surface area contributed by atoms with Crippen molar-refractivity contribution in [2.24, 2.45) is 0 Å². The highest BCUT2D eigenvalue weighted by atomic mass is 19.3. The van der Waals surface area contributed by atoms with E-state index in [4.69, 9.17) is 10.8 Å². The molecule has 0 saturated carbocycles. The van der Waals surface area contributed by atoms with E-state index in [0.29, 0.717) is 11.3 Å². The summed E-state index contributed by atoms with van der Waals surface area (Å²) in [5.74, 6) is -1.51. The van der Waals surface area contributed by atoms with E-state index in [2.05, 4.69) is 9.72 Å². The molecule has 0 aliphatic carbocycles. The Hall–Kier alpha value is -2.70. The van der Waals surface area contributed by atoms with Gasteiger partial charge in [0.25, 0.3) is 0 Å². The van der Waals surface area contributed by atoms with Crippen LogP contribution in [0.2, 0.25) is 0 Å². The van der Waals surface area contributed by atoms with Crippen LogP contribution in [0.3, 0.4) is 0 Å². The minimum absolute atomic E-state index is 0.160. The lowest BCUT2D eigenvalue weighted by Crippen LogP contribution is -2.06. The summed E-state index contributed by atoms with van der Waals surface area (Å²) in [7, 11) is 0. The van der Waals surface area contributed by atoms with Crippen molar-refractivity contribution >= 4 is 11.7 Å². The Morgan fingerprint density at radius 3 is 2.65 bits per heavy atom.